The van der Waals surface area contributed by atoms with Crippen LogP contribution >= 0.6 is 11.8 Å². The number of nitrogens with zero attached hydrogens (tertiary/aromatic N) is 1. The molecule has 0 aliphatic rings. The third kappa shape index (κ3) is 5.63. The van der Waals surface area contributed by atoms with Crippen molar-refractivity contribution in [1.82, 2.24) is 9.88 Å². The number of carbonyl (C=O) groups is 2. The first-order valence-corrected chi connectivity index (χ1v) is 8.02. The molecular formula is C14H20N2O4S. The van der Waals surface area contributed by atoms with Gasteiger partial charge in [-0.2, -0.15) is 11.8 Å². The number of carboxylic acids is 1. The molecule has 0 aliphatic heterocycles. The number of thioether (sulfide) groups is 1. The molecule has 0 spiro atoms. The summed E-state index contributed by atoms with van der Waals surface area (Å²) in [6.45, 7) is 2.03. The van der Waals surface area contributed by atoms with E-state index < -0.39 is 12.0 Å². The van der Waals surface area contributed by atoms with E-state index in [1.54, 1.807) is 19.1 Å². The number of pyridine rings is 1. The second-order valence-corrected chi connectivity index (χ2v) is 5.63. The third-order valence-corrected chi connectivity index (χ3v) is 3.72. The summed E-state index contributed by atoms with van der Waals surface area (Å²) in [5.74, 6) is -0.738. The van der Waals surface area contributed by atoms with Gasteiger partial charge in [-0.05, 0) is 31.4 Å². The maximum absolute atomic E-state index is 11.8. The van der Waals surface area contributed by atoms with Gasteiger partial charge in [0.15, 0.2) is 0 Å². The molecule has 0 aromatic carbocycles. The van der Waals surface area contributed by atoms with Crippen molar-refractivity contribution in [3.8, 4) is 0 Å². The topological polar surface area (TPSA) is 88.4 Å². The summed E-state index contributed by atoms with van der Waals surface area (Å²) in [5.41, 5.74) is 0.604. The van der Waals surface area contributed by atoms with Gasteiger partial charge >= 0.3 is 5.97 Å². The SMILES string of the molecule is CSCCC(NC(=O)CCn1c(C)cccc1=O)C(=O)O. The number of hydrogen-bond donors (Lipinski definition) is 2. The second-order valence-electron chi connectivity index (χ2n) is 4.65. The Bertz CT molecular complexity index is 556. The predicted octanol–water partition coefficient (Wildman–Crippen LogP) is 0.869. The van der Waals surface area contributed by atoms with Crippen molar-refractivity contribution in [2.24, 2.45) is 0 Å². The van der Waals surface area contributed by atoms with Crippen LogP contribution in [-0.4, -0.2) is 39.6 Å². The molecule has 7 heteroatoms. The number of aryl methyl sites for hydroxylation is 1. The highest BCUT2D eigenvalue weighted by atomic mass is 32.2. The molecule has 0 saturated heterocycles. The molecular weight excluding hydrogens is 292 g/mol. The first-order valence-electron chi connectivity index (χ1n) is 6.63. The van der Waals surface area contributed by atoms with Gasteiger partial charge in [-0.15, -0.1) is 0 Å². The van der Waals surface area contributed by atoms with Crippen molar-refractivity contribution in [3.63, 3.8) is 0 Å². The minimum atomic E-state index is -1.04. The molecule has 1 atom stereocenters. The quantitative estimate of drug-likeness (QED) is 0.743. The van der Waals surface area contributed by atoms with E-state index in [1.165, 1.54) is 22.4 Å². The van der Waals surface area contributed by atoms with Gasteiger partial charge in [0.1, 0.15) is 6.04 Å². The molecule has 1 unspecified atom stereocenters. The van der Waals surface area contributed by atoms with Crippen molar-refractivity contribution in [2.75, 3.05) is 12.0 Å². The van der Waals surface area contributed by atoms with E-state index in [1.807, 2.05) is 6.26 Å². The molecule has 0 saturated carbocycles. The smallest absolute Gasteiger partial charge is 0.326 e. The van der Waals surface area contributed by atoms with Crippen LogP contribution < -0.4 is 10.9 Å². The fraction of sp³-hybridized carbons (Fsp3) is 0.500. The molecule has 1 heterocycles. The van der Waals surface area contributed by atoms with Crippen LogP contribution in [-0.2, 0) is 16.1 Å². The lowest BCUT2D eigenvalue weighted by atomic mass is 10.2. The van der Waals surface area contributed by atoms with Crippen molar-refractivity contribution >= 4 is 23.6 Å². The summed E-state index contributed by atoms with van der Waals surface area (Å²) in [6.07, 6.45) is 2.34. The summed E-state index contributed by atoms with van der Waals surface area (Å²) in [4.78, 5) is 34.5. The maximum atomic E-state index is 11.8. The number of hydrogen-bond acceptors (Lipinski definition) is 4. The molecule has 1 amide bonds. The van der Waals surface area contributed by atoms with Gasteiger partial charge in [0.2, 0.25) is 5.91 Å². The number of aromatic nitrogens is 1. The Morgan fingerprint density at radius 3 is 2.71 bits per heavy atom. The molecule has 0 fully saturated rings. The summed E-state index contributed by atoms with van der Waals surface area (Å²) in [5, 5.41) is 11.5. The average molecular weight is 312 g/mol. The average Bonchev–Trinajstić information content (AvgIpc) is 2.42. The fourth-order valence-corrected chi connectivity index (χ4v) is 2.35. The number of carboxylic acid groups (broad SMARTS) is 1. The molecule has 21 heavy (non-hydrogen) atoms. The molecule has 0 aliphatic carbocycles. The third-order valence-electron chi connectivity index (χ3n) is 3.07. The van der Waals surface area contributed by atoms with E-state index in [0.29, 0.717) is 12.2 Å². The minimum Gasteiger partial charge on any atom is -0.480 e. The zero-order valence-corrected chi connectivity index (χ0v) is 13.0. The van der Waals surface area contributed by atoms with Crippen LogP contribution in [0.1, 0.15) is 18.5 Å². The van der Waals surface area contributed by atoms with Gasteiger partial charge in [0.05, 0.1) is 0 Å². The van der Waals surface area contributed by atoms with E-state index in [9.17, 15) is 14.4 Å². The Kier molecular flexibility index (Phi) is 7.01. The van der Waals surface area contributed by atoms with Crippen LogP contribution in [0.3, 0.4) is 0 Å². The van der Waals surface area contributed by atoms with E-state index in [4.69, 9.17) is 5.11 Å². The van der Waals surface area contributed by atoms with Gasteiger partial charge in [-0.1, -0.05) is 6.07 Å². The number of nitrogens with one attached hydrogen (secondary N) is 1. The van der Waals surface area contributed by atoms with Gasteiger partial charge < -0.3 is 15.0 Å². The summed E-state index contributed by atoms with van der Waals surface area (Å²) < 4.78 is 1.50. The first kappa shape index (κ1) is 17.3. The van der Waals surface area contributed by atoms with Crippen LogP contribution in [0.15, 0.2) is 23.0 Å². The lowest BCUT2D eigenvalue weighted by molar-refractivity contribution is -0.141. The summed E-state index contributed by atoms with van der Waals surface area (Å²) in [6, 6.07) is 4.01. The van der Waals surface area contributed by atoms with Crippen molar-refractivity contribution in [1.29, 1.82) is 0 Å². The van der Waals surface area contributed by atoms with Gasteiger partial charge in [0.25, 0.3) is 5.56 Å². The van der Waals surface area contributed by atoms with Gasteiger partial charge in [-0.25, -0.2) is 4.79 Å². The number of carbonyl (C=O) groups excluding carboxylic acids is 1. The normalized spacial score (nSPS) is 11.9. The standard InChI is InChI=1S/C14H20N2O4S/c1-10-4-3-5-13(18)16(10)8-6-12(17)15-11(14(19)20)7-9-21-2/h3-5,11H,6-9H2,1-2H3,(H,15,17)(H,19,20). The van der Waals surface area contributed by atoms with Crippen molar-refractivity contribution in [3.05, 3.63) is 34.2 Å². The van der Waals surface area contributed by atoms with Crippen molar-refractivity contribution < 1.29 is 14.7 Å². The van der Waals surface area contributed by atoms with Gasteiger partial charge in [0, 0.05) is 24.7 Å². The van der Waals surface area contributed by atoms with Crippen LogP contribution in [0.5, 0.6) is 0 Å². The molecule has 1 aromatic rings. The number of rotatable bonds is 8. The van der Waals surface area contributed by atoms with Gasteiger partial charge in [-0.3, -0.25) is 9.59 Å². The zero-order chi connectivity index (χ0) is 15.8. The highest BCUT2D eigenvalue weighted by Gasteiger charge is 2.19. The predicted molar refractivity (Wildman–Crippen MR) is 82.6 cm³/mol. The number of amides is 1. The largest absolute Gasteiger partial charge is 0.480 e. The minimum absolute atomic E-state index is 0.0772. The number of aliphatic carboxylic acids is 1. The molecule has 1 aromatic heterocycles. The molecule has 6 nitrogen and oxygen atoms in total. The highest BCUT2D eigenvalue weighted by molar-refractivity contribution is 7.98. The van der Waals surface area contributed by atoms with E-state index >= 15 is 0 Å². The Morgan fingerprint density at radius 2 is 2.14 bits per heavy atom. The van der Waals surface area contributed by atoms with E-state index in [-0.39, 0.29) is 24.4 Å². The lowest BCUT2D eigenvalue weighted by Crippen LogP contribution is -2.41. The zero-order valence-electron chi connectivity index (χ0n) is 12.2. The Labute approximate surface area is 127 Å². The van der Waals surface area contributed by atoms with E-state index in [2.05, 4.69) is 5.32 Å². The van der Waals surface area contributed by atoms with E-state index in [0.717, 1.165) is 5.69 Å². The van der Waals surface area contributed by atoms with Crippen LogP contribution in [0.4, 0.5) is 0 Å². The van der Waals surface area contributed by atoms with Crippen LogP contribution in [0.25, 0.3) is 0 Å². The maximum Gasteiger partial charge on any atom is 0.326 e. The monoisotopic (exact) mass is 312 g/mol. The molecule has 0 bridgehead atoms. The van der Waals surface area contributed by atoms with Crippen LogP contribution in [0.2, 0.25) is 0 Å². The Balaban J connectivity index is 2.57. The molecule has 2 N–H and O–H groups in total. The Morgan fingerprint density at radius 1 is 1.43 bits per heavy atom. The highest BCUT2D eigenvalue weighted by Crippen LogP contribution is 2.02. The lowest BCUT2D eigenvalue weighted by Gasteiger charge is -2.14. The second kappa shape index (κ2) is 8.51. The molecule has 0 radical (unpaired) electrons. The van der Waals surface area contributed by atoms with Crippen molar-refractivity contribution in [2.45, 2.75) is 32.4 Å². The van der Waals surface area contributed by atoms with Crippen LogP contribution in [0, 0.1) is 6.92 Å². The fourth-order valence-electron chi connectivity index (χ4n) is 1.88. The first-order chi connectivity index (χ1) is 9.95. The molecule has 1 rings (SSSR count). The summed E-state index contributed by atoms with van der Waals surface area (Å²) in [7, 11) is 0. The Hall–Kier alpha value is -1.76. The summed E-state index contributed by atoms with van der Waals surface area (Å²) >= 11 is 1.53. The molecule has 116 valence electrons.